The van der Waals surface area contributed by atoms with Crippen LogP contribution in [0.25, 0.3) is 27.9 Å². The van der Waals surface area contributed by atoms with E-state index in [9.17, 15) is 13.2 Å². The van der Waals surface area contributed by atoms with Crippen LogP contribution >= 0.6 is 0 Å². The van der Waals surface area contributed by atoms with Crippen molar-refractivity contribution < 1.29 is 13.2 Å². The molecule has 152 valence electrons. The molecular weight excluding hydrogens is 386 g/mol. The predicted molar refractivity (Wildman–Crippen MR) is 117 cm³/mol. The minimum Gasteiger partial charge on any atom is -0.341 e. The summed E-state index contributed by atoms with van der Waals surface area (Å²) >= 11 is 0. The van der Waals surface area contributed by atoms with Gasteiger partial charge in [0.05, 0.1) is 6.26 Å². The maximum Gasteiger partial charge on any atom is 0.246 e. The first-order chi connectivity index (χ1) is 13.9. The zero-order chi connectivity index (χ0) is 20.6. The fourth-order valence-corrected chi connectivity index (χ4v) is 4.95. The summed E-state index contributed by atoms with van der Waals surface area (Å²) in [6, 6.07) is 14.4. The molecule has 1 atom stereocenters. The van der Waals surface area contributed by atoms with Crippen LogP contribution in [0.3, 0.4) is 0 Å². The summed E-state index contributed by atoms with van der Waals surface area (Å²) in [5.41, 5.74) is 3.37. The Bertz CT molecular complexity index is 1210. The van der Waals surface area contributed by atoms with Crippen molar-refractivity contribution in [3.05, 3.63) is 54.1 Å². The highest BCUT2D eigenvalue weighted by atomic mass is 32.2. The fourth-order valence-electron chi connectivity index (χ4n) is 4.15. The number of nitrogens with one attached hydrogen (secondary N) is 1. The van der Waals surface area contributed by atoms with Crippen LogP contribution in [-0.2, 0) is 21.4 Å². The zero-order valence-corrected chi connectivity index (χ0v) is 17.4. The van der Waals surface area contributed by atoms with Gasteiger partial charge < -0.3 is 9.47 Å². The summed E-state index contributed by atoms with van der Waals surface area (Å²) in [5.74, 6) is -0.0983. The van der Waals surface area contributed by atoms with Gasteiger partial charge in [-0.05, 0) is 43.2 Å². The van der Waals surface area contributed by atoms with E-state index in [1.54, 1.807) is 11.0 Å². The Kier molecular flexibility index (Phi) is 5.19. The molecule has 0 radical (unpaired) electrons. The molecular formula is C22H25N3O3S. The van der Waals surface area contributed by atoms with E-state index in [4.69, 9.17) is 0 Å². The number of likely N-dealkylation sites (tertiary alicyclic amines) is 1. The molecule has 2 aromatic carbocycles. The van der Waals surface area contributed by atoms with Crippen molar-refractivity contribution in [2.24, 2.45) is 0 Å². The lowest BCUT2D eigenvalue weighted by Gasteiger charge is -2.14. The van der Waals surface area contributed by atoms with Gasteiger partial charge in [-0.15, -0.1) is 0 Å². The second-order valence-electron chi connectivity index (χ2n) is 7.53. The first-order valence-corrected chi connectivity index (χ1v) is 11.7. The van der Waals surface area contributed by atoms with Crippen LogP contribution in [0.1, 0.15) is 18.9 Å². The first-order valence-electron chi connectivity index (χ1n) is 9.81. The average molecular weight is 412 g/mol. The Hall–Kier alpha value is -2.64. The monoisotopic (exact) mass is 411 g/mol. The molecule has 1 N–H and O–H groups in total. The number of amides is 1. The molecule has 7 heteroatoms. The van der Waals surface area contributed by atoms with Gasteiger partial charge in [0.1, 0.15) is 0 Å². The minimum atomic E-state index is -3.26. The topological polar surface area (TPSA) is 71.4 Å². The number of nitrogens with zero attached hydrogens (tertiary/aromatic N) is 2. The van der Waals surface area contributed by atoms with E-state index in [-0.39, 0.29) is 11.9 Å². The van der Waals surface area contributed by atoms with Crippen molar-refractivity contribution in [3.63, 3.8) is 0 Å². The Morgan fingerprint density at radius 1 is 1.17 bits per heavy atom. The van der Waals surface area contributed by atoms with Gasteiger partial charge in [0.2, 0.25) is 15.9 Å². The van der Waals surface area contributed by atoms with Gasteiger partial charge in [-0.2, -0.15) is 0 Å². The van der Waals surface area contributed by atoms with E-state index in [0.29, 0.717) is 19.5 Å². The molecule has 2 heterocycles. The van der Waals surface area contributed by atoms with Crippen LogP contribution in [0.4, 0.5) is 0 Å². The van der Waals surface area contributed by atoms with E-state index in [1.807, 2.05) is 18.2 Å². The molecule has 1 aromatic heterocycles. The van der Waals surface area contributed by atoms with E-state index in [0.717, 1.165) is 18.4 Å². The van der Waals surface area contributed by atoms with Crippen LogP contribution in [0.15, 0.2) is 48.5 Å². The summed E-state index contributed by atoms with van der Waals surface area (Å²) in [6.45, 7) is 3.99. The van der Waals surface area contributed by atoms with Gasteiger partial charge in [0, 0.05) is 53.6 Å². The molecule has 6 nitrogen and oxygen atoms in total. The number of rotatable bonds is 5. The largest absolute Gasteiger partial charge is 0.341 e. The highest BCUT2D eigenvalue weighted by Gasteiger charge is 2.26. The second-order valence-corrected chi connectivity index (χ2v) is 9.31. The van der Waals surface area contributed by atoms with Gasteiger partial charge in [-0.25, -0.2) is 13.1 Å². The molecule has 29 heavy (non-hydrogen) atoms. The van der Waals surface area contributed by atoms with Gasteiger partial charge in [0.25, 0.3) is 0 Å². The highest BCUT2D eigenvalue weighted by molar-refractivity contribution is 7.88. The van der Waals surface area contributed by atoms with Crippen molar-refractivity contribution in [3.8, 4) is 0 Å². The van der Waals surface area contributed by atoms with E-state index in [1.165, 1.54) is 21.8 Å². The highest BCUT2D eigenvalue weighted by Crippen LogP contribution is 2.30. The van der Waals surface area contributed by atoms with Gasteiger partial charge in [-0.1, -0.05) is 24.3 Å². The second kappa shape index (κ2) is 7.65. The van der Waals surface area contributed by atoms with Crippen molar-refractivity contribution in [1.82, 2.24) is 14.2 Å². The standard InChI is InChI=1S/C22H25N3O3S/c1-3-25-20-7-5-4-6-18(20)19-14-16(8-10-21(19)25)9-11-22(26)24-13-12-17(15-24)23-29(2,27)28/h4-11,14,17,23H,3,12-13,15H2,1-2H3. The summed E-state index contributed by atoms with van der Waals surface area (Å²) in [4.78, 5) is 14.2. The quantitative estimate of drug-likeness (QED) is 0.656. The summed E-state index contributed by atoms with van der Waals surface area (Å²) in [6.07, 6.45) is 5.18. The molecule has 1 aliphatic heterocycles. The van der Waals surface area contributed by atoms with Crippen LogP contribution in [0, 0.1) is 0 Å². The molecule has 0 aliphatic carbocycles. The summed E-state index contributed by atoms with van der Waals surface area (Å²) in [5, 5.41) is 2.38. The average Bonchev–Trinajstić information content (AvgIpc) is 3.26. The van der Waals surface area contributed by atoms with E-state index in [2.05, 4.69) is 46.5 Å². The lowest BCUT2D eigenvalue weighted by atomic mass is 10.1. The molecule has 0 spiro atoms. The molecule has 1 fully saturated rings. The van der Waals surface area contributed by atoms with Gasteiger partial charge in [0.15, 0.2) is 0 Å². The SMILES string of the molecule is CCn1c2ccccc2c2cc(C=CC(=O)N3CCC(NS(C)(=O)=O)C3)ccc21. The van der Waals surface area contributed by atoms with Crippen LogP contribution in [-0.4, -0.2) is 49.2 Å². The third-order valence-electron chi connectivity index (χ3n) is 5.41. The lowest BCUT2D eigenvalue weighted by molar-refractivity contribution is -0.125. The van der Waals surface area contributed by atoms with Gasteiger partial charge >= 0.3 is 0 Å². The Labute approximate surface area is 170 Å². The molecule has 3 aromatic rings. The number of hydrogen-bond acceptors (Lipinski definition) is 3. The molecule has 1 unspecified atom stereocenters. The summed E-state index contributed by atoms with van der Waals surface area (Å²) < 4.78 is 27.6. The smallest absolute Gasteiger partial charge is 0.246 e. The normalized spacial score (nSPS) is 17.7. The lowest BCUT2D eigenvalue weighted by Crippen LogP contribution is -2.37. The number of fused-ring (bicyclic) bond motifs is 3. The molecule has 1 amide bonds. The maximum absolute atomic E-state index is 12.5. The molecule has 4 rings (SSSR count). The third-order valence-corrected chi connectivity index (χ3v) is 6.17. The third kappa shape index (κ3) is 4.06. The molecule has 0 saturated carbocycles. The van der Waals surface area contributed by atoms with Crippen LogP contribution in [0.2, 0.25) is 0 Å². The molecule has 1 saturated heterocycles. The maximum atomic E-state index is 12.5. The first kappa shape index (κ1) is 19.7. The fraction of sp³-hybridized carbons (Fsp3) is 0.318. The molecule has 1 aliphatic rings. The Morgan fingerprint density at radius 2 is 1.93 bits per heavy atom. The number of sulfonamides is 1. The number of aryl methyl sites for hydroxylation is 1. The van der Waals surface area contributed by atoms with Gasteiger partial charge in [-0.3, -0.25) is 4.79 Å². The van der Waals surface area contributed by atoms with E-state index < -0.39 is 10.0 Å². The number of aromatic nitrogens is 1. The van der Waals surface area contributed by atoms with Crippen molar-refractivity contribution >= 4 is 43.8 Å². The van der Waals surface area contributed by atoms with E-state index >= 15 is 0 Å². The molecule has 0 bridgehead atoms. The number of benzene rings is 2. The Balaban J connectivity index is 1.54. The van der Waals surface area contributed by atoms with Crippen molar-refractivity contribution in [1.29, 1.82) is 0 Å². The zero-order valence-electron chi connectivity index (χ0n) is 16.6. The summed E-state index contributed by atoms with van der Waals surface area (Å²) in [7, 11) is -3.26. The minimum absolute atomic E-state index is 0.0983. The number of carbonyl (C=O) groups excluding carboxylic acids is 1. The number of hydrogen-bond donors (Lipinski definition) is 1. The van der Waals surface area contributed by atoms with Crippen LogP contribution in [0.5, 0.6) is 0 Å². The van der Waals surface area contributed by atoms with Crippen molar-refractivity contribution in [2.75, 3.05) is 19.3 Å². The number of para-hydroxylation sites is 1. The van der Waals surface area contributed by atoms with Crippen molar-refractivity contribution in [2.45, 2.75) is 25.9 Å². The van der Waals surface area contributed by atoms with Crippen LogP contribution < -0.4 is 4.72 Å². The Morgan fingerprint density at radius 3 is 2.69 bits per heavy atom. The number of carbonyl (C=O) groups is 1. The predicted octanol–water partition coefficient (Wildman–Crippen LogP) is 2.98.